The van der Waals surface area contributed by atoms with Crippen LogP contribution in [0.4, 0.5) is 0 Å². The molecule has 0 bridgehead atoms. The third kappa shape index (κ3) is 3.98. The Morgan fingerprint density at radius 3 is 2.39 bits per heavy atom. The third-order valence-electron chi connectivity index (χ3n) is 5.73. The zero-order valence-corrected chi connectivity index (χ0v) is 18.8. The monoisotopic (exact) mass is 457 g/mol. The quantitative estimate of drug-likeness (QED) is 0.611. The van der Waals surface area contributed by atoms with E-state index in [0.29, 0.717) is 17.0 Å². The van der Waals surface area contributed by atoms with Gasteiger partial charge >= 0.3 is 0 Å². The van der Waals surface area contributed by atoms with Crippen LogP contribution in [0.1, 0.15) is 28.9 Å². The van der Waals surface area contributed by atoms with E-state index >= 15 is 0 Å². The van der Waals surface area contributed by atoms with Crippen molar-refractivity contribution in [1.29, 1.82) is 0 Å². The Kier molecular flexibility index (Phi) is 5.88. The summed E-state index contributed by atoms with van der Waals surface area (Å²) in [4.78, 5) is 14.7. The Morgan fingerprint density at radius 2 is 1.74 bits per heavy atom. The van der Waals surface area contributed by atoms with E-state index in [0.717, 1.165) is 16.9 Å². The molecule has 1 N–H and O–H groups in total. The molecule has 31 heavy (non-hydrogen) atoms. The zero-order valence-electron chi connectivity index (χ0n) is 17.1. The van der Waals surface area contributed by atoms with Crippen LogP contribution in [0.2, 0.25) is 0 Å². The van der Waals surface area contributed by atoms with E-state index in [2.05, 4.69) is 0 Å². The van der Waals surface area contributed by atoms with E-state index < -0.39 is 22.0 Å². The maximum Gasteiger partial charge on any atom is 0.223 e. The highest BCUT2D eigenvalue weighted by Crippen LogP contribution is 2.42. The Labute approximate surface area is 185 Å². The number of thiophene rings is 1. The Bertz CT molecular complexity index is 1170. The van der Waals surface area contributed by atoms with E-state index in [4.69, 9.17) is 4.74 Å². The molecule has 0 aliphatic carbocycles. The summed E-state index contributed by atoms with van der Waals surface area (Å²) in [6.07, 6.45) is -0.684. The number of aliphatic hydroxyl groups is 1. The predicted molar refractivity (Wildman–Crippen MR) is 118 cm³/mol. The highest BCUT2D eigenvalue weighted by Gasteiger charge is 2.43. The molecule has 3 atom stereocenters. The number of benzene rings is 2. The van der Waals surface area contributed by atoms with Crippen LogP contribution in [0, 0.1) is 0 Å². The summed E-state index contributed by atoms with van der Waals surface area (Å²) < 4.78 is 31.3. The fourth-order valence-corrected chi connectivity index (χ4v) is 6.77. The van der Waals surface area contributed by atoms with Gasteiger partial charge in [0.25, 0.3) is 0 Å². The number of ether oxygens (including phenoxy) is 1. The van der Waals surface area contributed by atoms with Gasteiger partial charge in [-0.25, -0.2) is 8.42 Å². The van der Waals surface area contributed by atoms with E-state index in [9.17, 15) is 18.3 Å². The van der Waals surface area contributed by atoms with Crippen molar-refractivity contribution in [2.24, 2.45) is 0 Å². The van der Waals surface area contributed by atoms with Crippen molar-refractivity contribution in [3.05, 3.63) is 77.2 Å². The minimum atomic E-state index is -3.72. The lowest BCUT2D eigenvalue weighted by molar-refractivity contribution is -0.128. The number of methoxy groups -OCH3 is 1. The first kappa shape index (κ1) is 21.5. The molecule has 1 unspecified atom stereocenters. The van der Waals surface area contributed by atoms with Gasteiger partial charge in [-0.1, -0.05) is 30.3 Å². The lowest BCUT2D eigenvalue weighted by atomic mass is 9.88. The predicted octanol–water partition coefficient (Wildman–Crippen LogP) is 3.64. The number of aliphatic hydroxyl groups excluding tert-OH is 1. The number of carbonyl (C=O) groups excluding carboxylic acids is 1. The fourth-order valence-electron chi connectivity index (χ4n) is 4.01. The summed E-state index contributed by atoms with van der Waals surface area (Å²) in [5, 5.41) is 11.2. The van der Waals surface area contributed by atoms with Crippen molar-refractivity contribution in [3.63, 3.8) is 0 Å². The number of rotatable bonds is 6. The second kappa shape index (κ2) is 8.45. The highest BCUT2D eigenvalue weighted by molar-refractivity contribution is 7.93. The molecular formula is C23H23NO5S2. The largest absolute Gasteiger partial charge is 0.497 e. The van der Waals surface area contributed by atoms with Gasteiger partial charge < -0.3 is 14.7 Å². The van der Waals surface area contributed by atoms with Gasteiger partial charge in [-0.3, -0.25) is 4.79 Å². The normalized spacial score (nSPS) is 20.1. The highest BCUT2D eigenvalue weighted by atomic mass is 32.2. The van der Waals surface area contributed by atoms with Gasteiger partial charge in [-0.2, -0.15) is 0 Å². The molecule has 162 valence electrons. The van der Waals surface area contributed by atoms with Crippen molar-refractivity contribution in [2.45, 2.75) is 33.6 Å². The van der Waals surface area contributed by atoms with Gasteiger partial charge in [0.05, 0.1) is 18.0 Å². The average Bonchev–Trinajstić information content (AvgIpc) is 3.40. The molecule has 6 nitrogen and oxygen atoms in total. The van der Waals surface area contributed by atoms with E-state index in [-0.39, 0.29) is 20.9 Å². The zero-order chi connectivity index (χ0) is 22.2. The van der Waals surface area contributed by atoms with Gasteiger partial charge in [0.1, 0.15) is 16.1 Å². The van der Waals surface area contributed by atoms with Gasteiger partial charge in [0, 0.05) is 24.3 Å². The van der Waals surface area contributed by atoms with Crippen molar-refractivity contribution < 1.29 is 23.1 Å². The average molecular weight is 458 g/mol. The molecule has 4 rings (SSSR count). The topological polar surface area (TPSA) is 83.9 Å². The SMILES string of the molecule is COc1ccc(S(=O)(=O)c2ccc(C(O)[C@H]3[C@@H](c4ccccc4)CC(=O)N3C)s2)cc1. The Hall–Kier alpha value is -2.68. The smallest absolute Gasteiger partial charge is 0.223 e. The standard InChI is InChI=1S/C23H23NO5S2/c1-24-20(25)14-18(15-6-4-3-5-7-15)22(24)23(26)19-12-13-21(30-19)31(27,28)17-10-8-16(29-2)9-11-17/h3-13,18,22-23,26H,14H2,1-2H3/t18-,22-,23?/m1/s1. The number of nitrogens with zero attached hydrogens (tertiary/aromatic N) is 1. The molecule has 1 fully saturated rings. The first-order valence-corrected chi connectivity index (χ1v) is 12.1. The number of carbonyl (C=O) groups is 1. The van der Waals surface area contributed by atoms with E-state index in [1.165, 1.54) is 25.3 Å². The maximum absolute atomic E-state index is 13.0. The second-order valence-electron chi connectivity index (χ2n) is 7.50. The van der Waals surface area contributed by atoms with Crippen LogP contribution in [0.3, 0.4) is 0 Å². The molecule has 1 amide bonds. The molecule has 1 aliphatic rings. The summed E-state index contributed by atoms with van der Waals surface area (Å²) in [6.45, 7) is 0. The van der Waals surface area contributed by atoms with Crippen LogP contribution in [-0.4, -0.2) is 44.5 Å². The van der Waals surface area contributed by atoms with Crippen LogP contribution in [0.15, 0.2) is 75.8 Å². The molecule has 0 saturated carbocycles. The number of likely N-dealkylation sites (N-methyl/N-ethyl adjacent to an activating group) is 1. The van der Waals surface area contributed by atoms with Crippen LogP contribution >= 0.6 is 11.3 Å². The molecule has 1 aliphatic heterocycles. The summed E-state index contributed by atoms with van der Waals surface area (Å²) >= 11 is 1.03. The van der Waals surface area contributed by atoms with Crippen LogP contribution < -0.4 is 4.74 Å². The van der Waals surface area contributed by atoms with Crippen molar-refractivity contribution in [1.82, 2.24) is 4.90 Å². The van der Waals surface area contributed by atoms with Gasteiger partial charge in [-0.05, 0) is 42.0 Å². The van der Waals surface area contributed by atoms with Crippen molar-refractivity contribution >= 4 is 27.1 Å². The first-order chi connectivity index (χ1) is 14.8. The lowest BCUT2D eigenvalue weighted by Crippen LogP contribution is -2.36. The summed E-state index contributed by atoms with van der Waals surface area (Å²) in [5.74, 6) is 0.361. The number of likely N-dealkylation sites (tertiary alicyclic amines) is 1. The summed E-state index contributed by atoms with van der Waals surface area (Å²) in [5.41, 5.74) is 0.979. The van der Waals surface area contributed by atoms with Gasteiger partial charge in [0.2, 0.25) is 15.7 Å². The molecule has 1 aromatic heterocycles. The minimum absolute atomic E-state index is 0.0412. The molecule has 0 radical (unpaired) electrons. The second-order valence-corrected chi connectivity index (χ2v) is 10.8. The van der Waals surface area contributed by atoms with Crippen LogP contribution in [0.25, 0.3) is 0 Å². The maximum atomic E-state index is 13.0. The number of hydrogen-bond donors (Lipinski definition) is 1. The van der Waals surface area contributed by atoms with Crippen LogP contribution in [0.5, 0.6) is 5.75 Å². The van der Waals surface area contributed by atoms with Crippen molar-refractivity contribution in [2.75, 3.05) is 14.2 Å². The number of hydrogen-bond acceptors (Lipinski definition) is 6. The molecule has 2 aromatic carbocycles. The fraction of sp³-hybridized carbons (Fsp3) is 0.261. The Balaban J connectivity index is 1.63. The third-order valence-corrected chi connectivity index (χ3v) is 9.14. The lowest BCUT2D eigenvalue weighted by Gasteiger charge is -2.29. The summed E-state index contributed by atoms with van der Waals surface area (Å²) in [6, 6.07) is 18.5. The molecule has 0 spiro atoms. The number of amides is 1. The molecule has 8 heteroatoms. The van der Waals surface area contributed by atoms with Crippen molar-refractivity contribution in [3.8, 4) is 5.75 Å². The van der Waals surface area contributed by atoms with Gasteiger partial charge in [0.15, 0.2) is 0 Å². The van der Waals surface area contributed by atoms with Gasteiger partial charge in [-0.15, -0.1) is 11.3 Å². The van der Waals surface area contributed by atoms with E-state index in [1.807, 2.05) is 30.3 Å². The minimum Gasteiger partial charge on any atom is -0.497 e. The van der Waals surface area contributed by atoms with Crippen LogP contribution in [-0.2, 0) is 14.6 Å². The molecule has 3 aromatic rings. The molecule has 1 saturated heterocycles. The Morgan fingerprint density at radius 1 is 1.06 bits per heavy atom. The first-order valence-electron chi connectivity index (χ1n) is 9.80. The van der Waals surface area contributed by atoms with E-state index in [1.54, 1.807) is 30.1 Å². The summed E-state index contributed by atoms with van der Waals surface area (Å²) in [7, 11) is -0.519. The molecular weight excluding hydrogens is 434 g/mol. The number of sulfone groups is 1. The molecule has 2 heterocycles.